The van der Waals surface area contributed by atoms with Crippen LogP contribution >= 0.6 is 15.9 Å². The van der Waals surface area contributed by atoms with E-state index in [1.54, 1.807) is 18.2 Å². The molecule has 0 fully saturated rings. The number of rotatable bonds is 9. The maximum Gasteiger partial charge on any atom is 0.416 e. The van der Waals surface area contributed by atoms with Crippen LogP contribution in [0, 0.1) is 0 Å². The fraction of sp³-hybridized carbons (Fsp3) is 0.296. The van der Waals surface area contributed by atoms with E-state index in [1.165, 1.54) is 14.0 Å². The van der Waals surface area contributed by atoms with Gasteiger partial charge in [0.1, 0.15) is 11.9 Å². The van der Waals surface area contributed by atoms with Crippen molar-refractivity contribution < 1.29 is 53.8 Å². The molecule has 0 radical (unpaired) electrons. The van der Waals surface area contributed by atoms with Gasteiger partial charge < -0.3 is 14.8 Å². The lowest BCUT2D eigenvalue weighted by atomic mass is 9.90. The van der Waals surface area contributed by atoms with Gasteiger partial charge in [-0.15, -0.1) is 0 Å². The van der Waals surface area contributed by atoms with Gasteiger partial charge in [-0.1, -0.05) is 22.0 Å². The van der Waals surface area contributed by atoms with Crippen LogP contribution in [0.25, 0.3) is 11.1 Å². The molecule has 14 heteroatoms. The minimum atomic E-state index is -5.07. The predicted octanol–water partition coefficient (Wildman–Crippen LogP) is 8.57. The lowest BCUT2D eigenvalue weighted by molar-refractivity contribution is -0.143. The van der Waals surface area contributed by atoms with Gasteiger partial charge in [0.05, 0.1) is 23.8 Å². The highest BCUT2D eigenvalue weighted by Gasteiger charge is 2.37. The van der Waals surface area contributed by atoms with Gasteiger partial charge in [0, 0.05) is 28.2 Å². The number of alkyl halides is 9. The van der Waals surface area contributed by atoms with E-state index >= 15 is 0 Å². The number of ether oxygens (including phenoxy) is 2. The number of halogens is 10. The van der Waals surface area contributed by atoms with Gasteiger partial charge in [0.15, 0.2) is 0 Å². The van der Waals surface area contributed by atoms with Gasteiger partial charge in [-0.2, -0.15) is 39.5 Å². The number of carbonyl (C=O) groups excluding carboxylic acids is 1. The summed E-state index contributed by atoms with van der Waals surface area (Å²) in [6, 6.07) is 7.38. The summed E-state index contributed by atoms with van der Waals surface area (Å²) in [5.74, 6) is 0.267. The van der Waals surface area contributed by atoms with Gasteiger partial charge in [-0.3, -0.25) is 4.79 Å². The SMILES string of the molecule is COc1ccc(Br)cc1-c1ccc(C(F)(F)F)cc1C(OC=O)[C@@H](C)NCc1cc(C(F)(F)F)cc(C(F)(F)F)c1. The van der Waals surface area contributed by atoms with Crippen molar-refractivity contribution in [1.29, 1.82) is 0 Å². The fourth-order valence-electron chi connectivity index (χ4n) is 4.14. The summed E-state index contributed by atoms with van der Waals surface area (Å²) in [4.78, 5) is 11.4. The number of benzene rings is 3. The zero-order valence-corrected chi connectivity index (χ0v) is 22.7. The second kappa shape index (κ2) is 12.3. The monoisotopic (exact) mass is 657 g/mol. The molecule has 41 heavy (non-hydrogen) atoms. The second-order valence-electron chi connectivity index (χ2n) is 8.88. The van der Waals surface area contributed by atoms with E-state index in [0.29, 0.717) is 22.2 Å². The normalized spacial score (nSPS) is 14.0. The summed E-state index contributed by atoms with van der Waals surface area (Å²) < 4.78 is 132. The van der Waals surface area contributed by atoms with Crippen molar-refractivity contribution in [2.45, 2.75) is 44.1 Å². The van der Waals surface area contributed by atoms with E-state index < -0.39 is 59.5 Å². The van der Waals surface area contributed by atoms with Gasteiger partial charge in [-0.05, 0) is 66.6 Å². The fourth-order valence-corrected chi connectivity index (χ4v) is 4.50. The summed E-state index contributed by atoms with van der Waals surface area (Å²) in [7, 11) is 1.34. The Labute approximate surface area is 236 Å². The average molecular weight is 658 g/mol. The summed E-state index contributed by atoms with van der Waals surface area (Å²) in [6.45, 7) is 0.771. The molecular formula is C27H21BrF9NO3. The Morgan fingerprint density at radius 1 is 0.805 bits per heavy atom. The molecule has 0 spiro atoms. The number of hydrogen-bond acceptors (Lipinski definition) is 4. The molecule has 3 aromatic rings. The molecule has 222 valence electrons. The van der Waals surface area contributed by atoms with E-state index in [4.69, 9.17) is 9.47 Å². The van der Waals surface area contributed by atoms with E-state index in [1.807, 2.05) is 0 Å². The van der Waals surface area contributed by atoms with Crippen LogP contribution in [0.2, 0.25) is 0 Å². The third-order valence-electron chi connectivity index (χ3n) is 6.07. The van der Waals surface area contributed by atoms with Crippen LogP contribution in [0.4, 0.5) is 39.5 Å². The lowest BCUT2D eigenvalue weighted by Gasteiger charge is -2.27. The van der Waals surface area contributed by atoms with Crippen molar-refractivity contribution in [2.24, 2.45) is 0 Å². The molecule has 0 saturated heterocycles. The summed E-state index contributed by atoms with van der Waals surface area (Å²) in [5.41, 5.74) is -4.17. The Hall–Kier alpha value is -3.26. The first kappa shape index (κ1) is 32.3. The Bertz CT molecular complexity index is 1360. The highest BCUT2D eigenvalue weighted by atomic mass is 79.9. The highest BCUT2D eigenvalue weighted by Crippen LogP contribution is 2.42. The molecule has 1 unspecified atom stereocenters. The summed E-state index contributed by atoms with van der Waals surface area (Å²) in [5, 5.41) is 2.68. The quantitative estimate of drug-likeness (QED) is 0.185. The number of nitrogens with one attached hydrogen (secondary N) is 1. The Morgan fingerprint density at radius 2 is 1.39 bits per heavy atom. The standard InChI is InChI=1S/C27H21BrF9NO3/c1-14(38-12-15-7-17(26(32,33)34)9-18(8-15)27(35,36)37)24(41-13-39)22-10-16(25(29,30)31)3-5-20(22)21-11-19(28)4-6-23(21)40-2/h3-11,13-14,24,38H,12H2,1-2H3/t14-,24?/m1/s1. The highest BCUT2D eigenvalue weighted by molar-refractivity contribution is 9.10. The maximum absolute atomic E-state index is 13.7. The first-order chi connectivity index (χ1) is 19.0. The predicted molar refractivity (Wildman–Crippen MR) is 134 cm³/mol. The molecule has 0 aliphatic carbocycles. The number of carbonyl (C=O) groups is 1. The average Bonchev–Trinajstić information content (AvgIpc) is 2.88. The van der Waals surface area contributed by atoms with Crippen molar-refractivity contribution in [3.8, 4) is 16.9 Å². The minimum Gasteiger partial charge on any atom is -0.496 e. The molecule has 0 aliphatic heterocycles. The maximum atomic E-state index is 13.7. The molecule has 0 saturated carbocycles. The van der Waals surface area contributed by atoms with Gasteiger partial charge >= 0.3 is 18.5 Å². The Balaban J connectivity index is 2.08. The first-order valence-corrected chi connectivity index (χ1v) is 12.4. The van der Waals surface area contributed by atoms with Crippen LogP contribution in [-0.2, 0) is 34.6 Å². The molecule has 3 rings (SSSR count). The molecule has 0 amide bonds. The van der Waals surface area contributed by atoms with Crippen molar-refractivity contribution in [1.82, 2.24) is 5.32 Å². The Morgan fingerprint density at radius 3 is 1.90 bits per heavy atom. The third-order valence-corrected chi connectivity index (χ3v) is 6.56. The largest absolute Gasteiger partial charge is 0.496 e. The van der Waals surface area contributed by atoms with Crippen LogP contribution in [0.3, 0.4) is 0 Å². The van der Waals surface area contributed by atoms with Crippen molar-refractivity contribution >= 4 is 22.4 Å². The molecule has 0 bridgehead atoms. The van der Waals surface area contributed by atoms with Crippen LogP contribution in [-0.4, -0.2) is 19.6 Å². The van der Waals surface area contributed by atoms with E-state index in [2.05, 4.69) is 21.2 Å². The molecule has 0 heterocycles. The second-order valence-corrected chi connectivity index (χ2v) is 9.80. The number of methoxy groups -OCH3 is 1. The van der Waals surface area contributed by atoms with Crippen molar-refractivity contribution in [2.75, 3.05) is 7.11 Å². The smallest absolute Gasteiger partial charge is 0.416 e. The van der Waals surface area contributed by atoms with E-state index in [-0.39, 0.29) is 29.4 Å². The Kier molecular flexibility index (Phi) is 9.69. The molecule has 4 nitrogen and oxygen atoms in total. The van der Waals surface area contributed by atoms with Crippen LogP contribution in [0.1, 0.15) is 40.8 Å². The van der Waals surface area contributed by atoms with Crippen LogP contribution in [0.15, 0.2) is 59.1 Å². The molecule has 2 atom stereocenters. The molecule has 1 N–H and O–H groups in total. The van der Waals surface area contributed by atoms with Gasteiger partial charge in [0.2, 0.25) is 0 Å². The van der Waals surface area contributed by atoms with Crippen molar-refractivity contribution in [3.63, 3.8) is 0 Å². The van der Waals surface area contributed by atoms with Gasteiger partial charge in [-0.25, -0.2) is 0 Å². The summed E-state index contributed by atoms with van der Waals surface area (Å²) in [6.07, 6.45) is -16.4. The molecule has 0 aliphatic rings. The molecule has 3 aromatic carbocycles. The zero-order valence-electron chi connectivity index (χ0n) is 21.1. The topological polar surface area (TPSA) is 47.6 Å². The van der Waals surface area contributed by atoms with Crippen molar-refractivity contribution in [3.05, 3.63) is 86.9 Å². The first-order valence-electron chi connectivity index (χ1n) is 11.6. The van der Waals surface area contributed by atoms with E-state index in [9.17, 15) is 44.3 Å². The lowest BCUT2D eigenvalue weighted by Crippen LogP contribution is -2.33. The molecule has 0 aromatic heterocycles. The molecular weight excluding hydrogens is 637 g/mol. The third kappa shape index (κ3) is 7.94. The number of hydrogen-bond donors (Lipinski definition) is 1. The van der Waals surface area contributed by atoms with E-state index in [0.717, 1.165) is 18.2 Å². The minimum absolute atomic E-state index is 0.0168. The van der Waals surface area contributed by atoms with Crippen LogP contribution < -0.4 is 10.1 Å². The zero-order chi connectivity index (χ0) is 30.8. The van der Waals surface area contributed by atoms with Gasteiger partial charge in [0.25, 0.3) is 6.47 Å². The van der Waals surface area contributed by atoms with Crippen LogP contribution in [0.5, 0.6) is 5.75 Å². The summed E-state index contributed by atoms with van der Waals surface area (Å²) >= 11 is 3.28.